The molecule has 0 aliphatic carbocycles. The van der Waals surface area contributed by atoms with Crippen molar-refractivity contribution in [2.24, 2.45) is 12.0 Å². The van der Waals surface area contributed by atoms with Crippen molar-refractivity contribution >= 4 is 5.96 Å². The molecular weight excluding hydrogens is 390 g/mol. The Bertz CT molecular complexity index is 1050. The first-order chi connectivity index (χ1) is 14.8. The van der Waals surface area contributed by atoms with Crippen molar-refractivity contribution in [3.05, 3.63) is 58.9 Å². The van der Waals surface area contributed by atoms with Crippen molar-refractivity contribution in [1.29, 1.82) is 0 Å². The summed E-state index contributed by atoms with van der Waals surface area (Å²) in [6.07, 6.45) is 0. The quantitative estimate of drug-likeness (QED) is 0.467. The number of nitrogens with one attached hydrogen (secondary N) is 1. The van der Waals surface area contributed by atoms with Crippen LogP contribution < -0.4 is 10.1 Å². The van der Waals surface area contributed by atoms with Gasteiger partial charge in [-0.2, -0.15) is 0 Å². The van der Waals surface area contributed by atoms with E-state index in [2.05, 4.69) is 71.0 Å². The Hall–Kier alpha value is -3.29. The molecule has 0 spiro atoms. The second-order valence-corrected chi connectivity index (χ2v) is 7.68. The molecule has 0 atom stereocenters. The monoisotopic (exact) mass is 423 g/mol. The maximum atomic E-state index is 5.29. The topological polar surface area (TPSA) is 72.5 Å². The lowest BCUT2D eigenvalue weighted by atomic mass is 10.2. The Kier molecular flexibility index (Phi) is 6.99. The molecule has 8 nitrogen and oxygen atoms in total. The average molecular weight is 424 g/mol. The zero-order valence-corrected chi connectivity index (χ0v) is 19.6. The Balaban J connectivity index is 1.81. The number of aryl methyl sites for hydroxylation is 2. The SMILES string of the molecule is CCNC(=NCc1nnc(C)n1C)N(C)Cc1cc(C)n(-c2ccc(OC)cc2)c1C. The number of methoxy groups -OCH3 is 1. The van der Waals surface area contributed by atoms with Crippen molar-refractivity contribution < 1.29 is 4.74 Å². The van der Waals surface area contributed by atoms with E-state index in [0.717, 1.165) is 42.1 Å². The van der Waals surface area contributed by atoms with Crippen molar-refractivity contribution in [1.82, 2.24) is 29.5 Å². The third kappa shape index (κ3) is 4.90. The summed E-state index contributed by atoms with van der Waals surface area (Å²) in [6, 6.07) is 10.4. The number of hydrogen-bond donors (Lipinski definition) is 1. The van der Waals surface area contributed by atoms with Gasteiger partial charge in [0.1, 0.15) is 18.1 Å². The van der Waals surface area contributed by atoms with E-state index >= 15 is 0 Å². The summed E-state index contributed by atoms with van der Waals surface area (Å²) in [5.41, 5.74) is 4.80. The van der Waals surface area contributed by atoms with Gasteiger partial charge in [0.25, 0.3) is 0 Å². The number of rotatable bonds is 7. The van der Waals surface area contributed by atoms with Gasteiger partial charge in [-0.3, -0.25) is 0 Å². The van der Waals surface area contributed by atoms with Gasteiger partial charge in [-0.25, -0.2) is 4.99 Å². The van der Waals surface area contributed by atoms with Crippen molar-refractivity contribution in [3.8, 4) is 11.4 Å². The molecule has 2 aromatic heterocycles. The van der Waals surface area contributed by atoms with Crippen LogP contribution in [0.25, 0.3) is 5.69 Å². The zero-order chi connectivity index (χ0) is 22.5. The standard InChI is InChI=1S/C23H33N7O/c1-8-24-23(25-14-22-27-26-18(4)29(22)6)28(5)15-19-13-16(2)30(17(19)3)20-9-11-21(31-7)12-10-20/h9-13H,8,14-15H2,1-7H3,(H,24,25). The summed E-state index contributed by atoms with van der Waals surface area (Å²) in [5.74, 6) is 3.43. The molecule has 0 fully saturated rings. The van der Waals surface area contributed by atoms with Crippen LogP contribution in [0.15, 0.2) is 35.3 Å². The zero-order valence-electron chi connectivity index (χ0n) is 19.6. The van der Waals surface area contributed by atoms with E-state index in [1.165, 1.54) is 17.0 Å². The largest absolute Gasteiger partial charge is 0.497 e. The lowest BCUT2D eigenvalue weighted by Crippen LogP contribution is -2.38. The van der Waals surface area contributed by atoms with Gasteiger partial charge in [-0.1, -0.05) is 0 Å². The summed E-state index contributed by atoms with van der Waals surface area (Å²) in [6.45, 7) is 10.3. The molecular formula is C23H33N7O. The number of nitrogens with zero attached hydrogens (tertiary/aromatic N) is 6. The molecule has 0 aliphatic heterocycles. The number of ether oxygens (including phenoxy) is 1. The van der Waals surface area contributed by atoms with E-state index in [0.29, 0.717) is 6.54 Å². The smallest absolute Gasteiger partial charge is 0.194 e. The van der Waals surface area contributed by atoms with Gasteiger partial charge < -0.3 is 24.1 Å². The average Bonchev–Trinajstić information content (AvgIpc) is 3.23. The van der Waals surface area contributed by atoms with Gasteiger partial charge >= 0.3 is 0 Å². The van der Waals surface area contributed by atoms with Crippen LogP contribution in [0.4, 0.5) is 0 Å². The van der Waals surface area contributed by atoms with Crippen LogP contribution in [0.3, 0.4) is 0 Å². The Morgan fingerprint density at radius 3 is 2.45 bits per heavy atom. The highest BCUT2D eigenvalue weighted by molar-refractivity contribution is 5.79. The molecule has 3 aromatic rings. The van der Waals surface area contributed by atoms with Crippen molar-refractivity contribution in [3.63, 3.8) is 0 Å². The summed E-state index contributed by atoms with van der Waals surface area (Å²) in [4.78, 5) is 6.92. The second-order valence-electron chi connectivity index (χ2n) is 7.68. The van der Waals surface area contributed by atoms with Crippen LogP contribution >= 0.6 is 0 Å². The van der Waals surface area contributed by atoms with Crippen LogP contribution in [0.1, 0.15) is 35.5 Å². The van der Waals surface area contributed by atoms with Crippen LogP contribution in [0.2, 0.25) is 0 Å². The molecule has 0 radical (unpaired) electrons. The lowest BCUT2D eigenvalue weighted by Gasteiger charge is -2.22. The number of aromatic nitrogens is 4. The molecule has 31 heavy (non-hydrogen) atoms. The molecule has 3 rings (SSSR count). The van der Waals surface area contributed by atoms with Crippen LogP contribution in [-0.4, -0.2) is 50.9 Å². The van der Waals surface area contributed by atoms with Gasteiger partial charge in [0, 0.05) is 44.3 Å². The van der Waals surface area contributed by atoms with Gasteiger partial charge in [-0.15, -0.1) is 10.2 Å². The number of benzene rings is 1. The van der Waals surface area contributed by atoms with Gasteiger partial charge in [0.2, 0.25) is 0 Å². The minimum atomic E-state index is 0.481. The lowest BCUT2D eigenvalue weighted by molar-refractivity contribution is 0.414. The van der Waals surface area contributed by atoms with Gasteiger partial charge in [0.05, 0.1) is 7.11 Å². The fraction of sp³-hybridized carbons (Fsp3) is 0.435. The van der Waals surface area contributed by atoms with Crippen LogP contribution in [0, 0.1) is 20.8 Å². The maximum absolute atomic E-state index is 5.29. The van der Waals surface area contributed by atoms with E-state index < -0.39 is 0 Å². The van der Waals surface area contributed by atoms with E-state index in [-0.39, 0.29) is 0 Å². The number of guanidine groups is 1. The summed E-state index contributed by atoms with van der Waals surface area (Å²) in [7, 11) is 5.71. The normalized spacial score (nSPS) is 11.6. The van der Waals surface area contributed by atoms with Crippen molar-refractivity contribution in [2.75, 3.05) is 20.7 Å². The van der Waals surface area contributed by atoms with Gasteiger partial charge in [0.15, 0.2) is 11.8 Å². The molecule has 8 heteroatoms. The first kappa shape index (κ1) is 22.4. The first-order valence-corrected chi connectivity index (χ1v) is 10.5. The predicted molar refractivity (Wildman–Crippen MR) is 124 cm³/mol. The summed E-state index contributed by atoms with van der Waals surface area (Å²) < 4.78 is 9.53. The van der Waals surface area contributed by atoms with E-state index in [4.69, 9.17) is 9.73 Å². The third-order valence-corrected chi connectivity index (χ3v) is 5.52. The molecule has 0 unspecified atom stereocenters. The molecule has 0 bridgehead atoms. The molecule has 2 heterocycles. The third-order valence-electron chi connectivity index (χ3n) is 5.52. The Labute approximate surface area is 184 Å². The predicted octanol–water partition coefficient (Wildman–Crippen LogP) is 3.14. The van der Waals surface area contributed by atoms with Gasteiger partial charge in [-0.05, 0) is 63.6 Å². The highest BCUT2D eigenvalue weighted by Crippen LogP contribution is 2.23. The number of hydrogen-bond acceptors (Lipinski definition) is 4. The fourth-order valence-corrected chi connectivity index (χ4v) is 3.65. The van der Waals surface area contributed by atoms with Crippen molar-refractivity contribution in [2.45, 2.75) is 40.8 Å². The molecule has 166 valence electrons. The molecule has 0 amide bonds. The highest BCUT2D eigenvalue weighted by atomic mass is 16.5. The first-order valence-electron chi connectivity index (χ1n) is 10.5. The summed E-state index contributed by atoms with van der Waals surface area (Å²) in [5, 5.41) is 11.7. The fourth-order valence-electron chi connectivity index (χ4n) is 3.65. The van der Waals surface area contributed by atoms with E-state index in [1.807, 2.05) is 30.7 Å². The minimum Gasteiger partial charge on any atom is -0.497 e. The highest BCUT2D eigenvalue weighted by Gasteiger charge is 2.15. The summed E-state index contributed by atoms with van der Waals surface area (Å²) >= 11 is 0. The van der Waals surface area contributed by atoms with Crippen LogP contribution in [0.5, 0.6) is 5.75 Å². The number of aliphatic imine (C=N–C) groups is 1. The molecule has 0 aliphatic rings. The molecule has 0 saturated carbocycles. The minimum absolute atomic E-state index is 0.481. The Morgan fingerprint density at radius 2 is 1.87 bits per heavy atom. The maximum Gasteiger partial charge on any atom is 0.194 e. The Morgan fingerprint density at radius 1 is 1.16 bits per heavy atom. The molecule has 1 aromatic carbocycles. The molecule has 0 saturated heterocycles. The molecule has 1 N–H and O–H groups in total. The van der Waals surface area contributed by atoms with E-state index in [1.54, 1.807) is 7.11 Å². The second kappa shape index (κ2) is 9.68. The van der Waals surface area contributed by atoms with Crippen LogP contribution in [-0.2, 0) is 20.1 Å². The van der Waals surface area contributed by atoms with E-state index in [9.17, 15) is 0 Å².